The first kappa shape index (κ1) is 67.8. The second kappa shape index (κ2) is 45.6. The largest absolute Gasteiger partial charge is 0.394 e. The molecule has 14 nitrogen and oxygen atoms in total. The third-order valence-electron chi connectivity index (χ3n) is 13.2. The molecular weight excluding hydrogens is 955 g/mol. The van der Waals surface area contributed by atoms with Gasteiger partial charge in [0.15, 0.2) is 12.6 Å². The van der Waals surface area contributed by atoms with Crippen LogP contribution in [0, 0.1) is 0 Å². The van der Waals surface area contributed by atoms with Gasteiger partial charge < -0.3 is 65.1 Å². The molecule has 2 fully saturated rings. The van der Waals surface area contributed by atoms with Crippen molar-refractivity contribution >= 4 is 5.91 Å². The van der Waals surface area contributed by atoms with Gasteiger partial charge in [0.1, 0.15) is 48.8 Å². The maximum absolute atomic E-state index is 13.2. The lowest BCUT2D eigenvalue weighted by molar-refractivity contribution is -0.359. The van der Waals surface area contributed by atoms with Crippen LogP contribution in [0.2, 0.25) is 0 Å². The molecule has 0 radical (unpaired) electrons. The number of hydrogen-bond donors (Lipinski definition) is 9. The van der Waals surface area contributed by atoms with Crippen LogP contribution in [0.1, 0.15) is 174 Å². The van der Waals surface area contributed by atoms with Crippen molar-refractivity contribution in [3.8, 4) is 0 Å². The van der Waals surface area contributed by atoms with Crippen molar-refractivity contribution in [1.29, 1.82) is 0 Å². The number of aliphatic hydroxyl groups excluding tert-OH is 8. The molecule has 2 aliphatic heterocycles. The molecule has 12 unspecified atom stereocenters. The average Bonchev–Trinajstić information content (AvgIpc) is 3.41. The highest BCUT2D eigenvalue weighted by molar-refractivity contribution is 5.76. The van der Waals surface area contributed by atoms with E-state index in [1.165, 1.54) is 38.5 Å². The average molecular weight is 1060 g/mol. The molecule has 2 aliphatic rings. The number of ether oxygens (including phenoxy) is 4. The molecule has 0 aliphatic carbocycles. The quantitative estimate of drug-likeness (QED) is 0.0205. The van der Waals surface area contributed by atoms with E-state index < -0.39 is 86.8 Å². The molecule has 0 spiro atoms. The maximum atomic E-state index is 13.2. The second-order valence-electron chi connectivity index (χ2n) is 19.7. The Balaban J connectivity index is 1.81. The summed E-state index contributed by atoms with van der Waals surface area (Å²) in [6, 6.07) is -0.954. The number of hydrogen-bond acceptors (Lipinski definition) is 13. The van der Waals surface area contributed by atoms with Crippen molar-refractivity contribution in [2.75, 3.05) is 19.8 Å². The van der Waals surface area contributed by atoms with E-state index in [1.807, 2.05) is 6.08 Å². The Kier molecular flexibility index (Phi) is 41.2. The van der Waals surface area contributed by atoms with Crippen LogP contribution in [0.15, 0.2) is 109 Å². The van der Waals surface area contributed by atoms with Gasteiger partial charge in [0, 0.05) is 6.42 Å². The normalized spacial score (nSPS) is 25.9. The molecule has 0 aromatic carbocycles. The summed E-state index contributed by atoms with van der Waals surface area (Å²) in [6.45, 7) is 2.61. The van der Waals surface area contributed by atoms with E-state index in [1.54, 1.807) is 6.08 Å². The third-order valence-corrected chi connectivity index (χ3v) is 13.2. The zero-order valence-electron chi connectivity index (χ0n) is 45.7. The minimum atomic E-state index is -1.80. The van der Waals surface area contributed by atoms with E-state index in [0.29, 0.717) is 12.8 Å². The molecule has 2 rings (SSSR count). The zero-order valence-corrected chi connectivity index (χ0v) is 45.7. The molecule has 14 heteroatoms. The van der Waals surface area contributed by atoms with Crippen molar-refractivity contribution in [2.45, 2.75) is 248 Å². The van der Waals surface area contributed by atoms with Gasteiger partial charge in [0.2, 0.25) is 5.91 Å². The first-order valence-electron chi connectivity index (χ1n) is 28.6. The molecule has 0 bridgehead atoms. The Labute approximate surface area is 451 Å². The van der Waals surface area contributed by atoms with Crippen molar-refractivity contribution < 1.29 is 64.6 Å². The lowest BCUT2D eigenvalue weighted by atomic mass is 9.97. The van der Waals surface area contributed by atoms with Gasteiger partial charge >= 0.3 is 0 Å². The minimum absolute atomic E-state index is 0.245. The SMILES string of the molecule is CC/C=C\C/C=C\C/C=C\C/C=C\C/C=C\C/C=C\CCCCCCCCC(=O)NC(COC1OC(CO)C(OC2OC(CO)C(O)C(O)C2O)C(O)C1O)C(O)/C=C/CC/C=C/CC/C=C/CCCCCCCC. The molecular formula is C61H101NO13. The fourth-order valence-electron chi connectivity index (χ4n) is 8.56. The van der Waals surface area contributed by atoms with Crippen LogP contribution in [-0.4, -0.2) is 140 Å². The molecule has 0 aromatic rings. The van der Waals surface area contributed by atoms with Crippen LogP contribution in [0.25, 0.3) is 0 Å². The summed E-state index contributed by atoms with van der Waals surface area (Å²) in [5.74, 6) is -0.274. The van der Waals surface area contributed by atoms with Crippen LogP contribution >= 0.6 is 0 Å². The first-order chi connectivity index (χ1) is 36.6. The van der Waals surface area contributed by atoms with E-state index in [9.17, 15) is 45.6 Å². The van der Waals surface area contributed by atoms with Gasteiger partial charge in [-0.15, -0.1) is 0 Å². The highest BCUT2D eigenvalue weighted by Gasteiger charge is 2.51. The van der Waals surface area contributed by atoms with Crippen LogP contribution in [0.5, 0.6) is 0 Å². The third kappa shape index (κ3) is 31.6. The summed E-state index contributed by atoms with van der Waals surface area (Å²) < 4.78 is 22.7. The van der Waals surface area contributed by atoms with Gasteiger partial charge in [-0.25, -0.2) is 0 Å². The summed E-state index contributed by atoms with van der Waals surface area (Å²) in [5, 5.41) is 87.0. The fraction of sp³-hybridized carbons (Fsp3) is 0.689. The van der Waals surface area contributed by atoms with Crippen molar-refractivity contribution in [3.05, 3.63) is 109 Å². The van der Waals surface area contributed by atoms with Gasteiger partial charge in [0.25, 0.3) is 0 Å². The van der Waals surface area contributed by atoms with E-state index in [4.69, 9.17) is 18.9 Å². The van der Waals surface area contributed by atoms with Crippen LogP contribution < -0.4 is 5.32 Å². The molecule has 12 atom stereocenters. The number of carbonyl (C=O) groups excluding carboxylic acids is 1. The smallest absolute Gasteiger partial charge is 0.220 e. The predicted octanol–water partition coefficient (Wildman–Crippen LogP) is 9.27. The summed E-state index contributed by atoms with van der Waals surface area (Å²) >= 11 is 0. The number of unbranched alkanes of at least 4 members (excludes halogenated alkanes) is 14. The Hall–Kier alpha value is -3.35. The number of amides is 1. The highest BCUT2D eigenvalue weighted by atomic mass is 16.7. The molecule has 2 heterocycles. The monoisotopic (exact) mass is 1060 g/mol. The maximum Gasteiger partial charge on any atom is 0.220 e. The van der Waals surface area contributed by atoms with Gasteiger partial charge in [-0.05, 0) is 96.3 Å². The Morgan fingerprint density at radius 3 is 1.47 bits per heavy atom. The lowest BCUT2D eigenvalue weighted by Gasteiger charge is -2.46. The van der Waals surface area contributed by atoms with Gasteiger partial charge in [0.05, 0.1) is 32.0 Å². The number of rotatable bonds is 43. The van der Waals surface area contributed by atoms with E-state index in [-0.39, 0.29) is 18.9 Å². The molecule has 0 aromatic heterocycles. The zero-order chi connectivity index (χ0) is 54.6. The number of aliphatic hydroxyl groups is 8. The minimum Gasteiger partial charge on any atom is -0.394 e. The summed E-state index contributed by atoms with van der Waals surface area (Å²) in [4.78, 5) is 13.2. The predicted molar refractivity (Wildman–Crippen MR) is 299 cm³/mol. The van der Waals surface area contributed by atoms with E-state index in [2.05, 4.69) is 116 Å². The van der Waals surface area contributed by atoms with Gasteiger partial charge in [-0.3, -0.25) is 4.79 Å². The summed E-state index contributed by atoms with van der Waals surface area (Å²) in [7, 11) is 0. The standard InChI is InChI=1S/C61H101NO13/c1-3-5-7-9-11-13-15-17-19-21-22-23-24-25-26-27-28-29-31-33-35-37-39-41-43-45-53(66)62-49(50(65)44-42-40-38-36-34-32-30-20-18-16-14-12-10-8-6-4-2)48-72-60-58(71)56(69)59(52(47-64)74-60)75-61-57(70)55(68)54(67)51(46-63)73-61/h5,7,11,13,17-20,22-23,25-26,28-29,34,36,42,44,49-52,54-61,63-65,67-71H,3-4,6,8-10,12,14-16,21,24,27,30-33,35,37-41,43,45-48H2,1-2H3,(H,62,66)/b7-5-,13-11-,19-17-,20-18+,23-22-,26-25-,29-28-,36-34+,44-42+. The molecule has 2 saturated heterocycles. The van der Waals surface area contributed by atoms with Gasteiger partial charge in [-0.2, -0.15) is 0 Å². The van der Waals surface area contributed by atoms with Crippen LogP contribution in [-0.2, 0) is 23.7 Å². The topological polar surface area (TPSA) is 228 Å². The van der Waals surface area contributed by atoms with Crippen molar-refractivity contribution in [1.82, 2.24) is 5.32 Å². The van der Waals surface area contributed by atoms with Crippen LogP contribution in [0.3, 0.4) is 0 Å². The Morgan fingerprint density at radius 1 is 0.493 bits per heavy atom. The summed E-state index contributed by atoms with van der Waals surface area (Å²) in [5.41, 5.74) is 0. The molecule has 75 heavy (non-hydrogen) atoms. The van der Waals surface area contributed by atoms with Crippen molar-refractivity contribution in [3.63, 3.8) is 0 Å². The lowest BCUT2D eigenvalue weighted by Crippen LogP contribution is -2.65. The molecule has 9 N–H and O–H groups in total. The Bertz CT molecular complexity index is 1670. The highest BCUT2D eigenvalue weighted by Crippen LogP contribution is 2.30. The van der Waals surface area contributed by atoms with E-state index >= 15 is 0 Å². The number of carbonyl (C=O) groups is 1. The molecule has 1 amide bonds. The first-order valence-corrected chi connectivity index (χ1v) is 28.6. The van der Waals surface area contributed by atoms with Crippen LogP contribution in [0.4, 0.5) is 0 Å². The fourth-order valence-corrected chi connectivity index (χ4v) is 8.56. The van der Waals surface area contributed by atoms with Gasteiger partial charge in [-0.1, -0.05) is 181 Å². The number of nitrogens with one attached hydrogen (secondary N) is 1. The number of allylic oxidation sites excluding steroid dienone is 17. The molecule has 0 saturated carbocycles. The molecule has 428 valence electrons. The second-order valence-corrected chi connectivity index (χ2v) is 19.7. The summed E-state index contributed by atoms with van der Waals surface area (Å²) in [6.07, 6.45) is 46.9. The Morgan fingerprint density at radius 2 is 0.933 bits per heavy atom. The van der Waals surface area contributed by atoms with E-state index in [0.717, 1.165) is 103 Å². The van der Waals surface area contributed by atoms with Crippen molar-refractivity contribution in [2.24, 2.45) is 0 Å².